The van der Waals surface area contributed by atoms with E-state index in [2.05, 4.69) is 6.92 Å². The molecule has 1 amide bonds. The normalized spacial score (nSPS) is 16.1. The van der Waals surface area contributed by atoms with Crippen molar-refractivity contribution in [3.05, 3.63) is 52.2 Å². The first kappa shape index (κ1) is 18.9. The second-order valence-corrected chi connectivity index (χ2v) is 5.78. The molecule has 0 aliphatic carbocycles. The molecule has 0 radical (unpaired) electrons. The zero-order valence-electron chi connectivity index (χ0n) is 15.3. The van der Waals surface area contributed by atoms with Gasteiger partial charge in [0.25, 0.3) is 5.91 Å². The number of nitrogens with zero attached hydrogens (tertiary/aromatic N) is 1. The number of aryl methyl sites for hydroxylation is 1. The lowest BCUT2D eigenvalue weighted by Gasteiger charge is -2.16. The molecule has 0 bridgehead atoms. The molecule has 0 unspecified atom stereocenters. The first-order chi connectivity index (χ1) is 12.0. The van der Waals surface area contributed by atoms with E-state index in [9.17, 15) is 9.59 Å². The third-order valence-electron chi connectivity index (χ3n) is 4.21. The number of hydrogen-bond acceptors (Lipinski definition) is 4. The average Bonchev–Trinajstić information content (AvgIpc) is 2.84. The van der Waals surface area contributed by atoms with Crippen LogP contribution >= 0.6 is 0 Å². The smallest absolute Gasteiger partial charge is 0.340 e. The van der Waals surface area contributed by atoms with E-state index in [1.54, 1.807) is 31.9 Å². The molecule has 1 aliphatic heterocycles. The number of methoxy groups -OCH3 is 1. The zero-order chi connectivity index (χ0) is 18.4. The van der Waals surface area contributed by atoms with Crippen molar-refractivity contribution in [1.29, 1.82) is 0 Å². The van der Waals surface area contributed by atoms with Gasteiger partial charge in [-0.05, 0) is 37.5 Å². The van der Waals surface area contributed by atoms with Crippen LogP contribution in [0.25, 0.3) is 6.08 Å². The largest absolute Gasteiger partial charge is 0.462 e. The molecule has 1 aromatic rings. The molecule has 1 aromatic carbocycles. The Morgan fingerprint density at radius 3 is 2.44 bits per heavy atom. The minimum atomic E-state index is -0.468. The molecular formula is C20H25NO4. The second kappa shape index (κ2) is 8.62. The Kier molecular flexibility index (Phi) is 6.53. The standard InChI is InChI=1S/C20H25NO4/c1-5-15-7-9-16(10-8-15)13-17-18(20(23)25-6-2)14(3)21(19(17)22)11-12-24-4/h7-10,13H,5-6,11-12H2,1-4H3. The Labute approximate surface area is 148 Å². The molecule has 0 fully saturated rings. The van der Waals surface area contributed by atoms with E-state index < -0.39 is 5.97 Å². The van der Waals surface area contributed by atoms with Gasteiger partial charge in [-0.15, -0.1) is 0 Å². The predicted octanol–water partition coefficient (Wildman–Crippen LogP) is 2.96. The maximum absolute atomic E-state index is 12.8. The van der Waals surface area contributed by atoms with Crippen LogP contribution in [0.3, 0.4) is 0 Å². The Hall–Kier alpha value is -2.40. The summed E-state index contributed by atoms with van der Waals surface area (Å²) in [6.07, 6.45) is 2.71. The second-order valence-electron chi connectivity index (χ2n) is 5.78. The Morgan fingerprint density at radius 1 is 1.20 bits per heavy atom. The maximum Gasteiger partial charge on any atom is 0.340 e. The first-order valence-electron chi connectivity index (χ1n) is 8.53. The van der Waals surface area contributed by atoms with E-state index in [-0.39, 0.29) is 12.5 Å². The highest BCUT2D eigenvalue weighted by molar-refractivity contribution is 6.16. The van der Waals surface area contributed by atoms with Crippen LogP contribution in [0.5, 0.6) is 0 Å². The minimum Gasteiger partial charge on any atom is -0.462 e. The molecule has 0 saturated carbocycles. The highest BCUT2D eigenvalue weighted by Crippen LogP contribution is 2.31. The van der Waals surface area contributed by atoms with Gasteiger partial charge < -0.3 is 14.4 Å². The Balaban J connectivity index is 2.42. The molecule has 0 N–H and O–H groups in total. The lowest BCUT2D eigenvalue weighted by Crippen LogP contribution is -2.28. The van der Waals surface area contributed by atoms with Crippen molar-refractivity contribution in [2.75, 3.05) is 26.9 Å². The van der Waals surface area contributed by atoms with Gasteiger partial charge in [0.15, 0.2) is 0 Å². The Morgan fingerprint density at radius 2 is 1.88 bits per heavy atom. The minimum absolute atomic E-state index is 0.197. The van der Waals surface area contributed by atoms with Gasteiger partial charge in [-0.1, -0.05) is 31.2 Å². The van der Waals surface area contributed by atoms with Crippen molar-refractivity contribution < 1.29 is 19.1 Å². The molecule has 2 rings (SSSR count). The summed E-state index contributed by atoms with van der Waals surface area (Å²) in [5, 5.41) is 0. The van der Waals surface area contributed by atoms with Crippen LogP contribution in [0.4, 0.5) is 0 Å². The lowest BCUT2D eigenvalue weighted by atomic mass is 10.0. The van der Waals surface area contributed by atoms with Crippen LogP contribution in [0, 0.1) is 0 Å². The van der Waals surface area contributed by atoms with E-state index in [1.807, 2.05) is 24.3 Å². The molecule has 134 valence electrons. The molecule has 1 aliphatic rings. The lowest BCUT2D eigenvalue weighted by molar-refractivity contribution is -0.138. The van der Waals surface area contributed by atoms with Crippen LogP contribution < -0.4 is 0 Å². The predicted molar refractivity (Wildman–Crippen MR) is 96.7 cm³/mol. The van der Waals surface area contributed by atoms with E-state index in [1.165, 1.54) is 5.56 Å². The number of rotatable bonds is 7. The third kappa shape index (κ3) is 4.17. The van der Waals surface area contributed by atoms with Gasteiger partial charge in [-0.2, -0.15) is 0 Å². The van der Waals surface area contributed by atoms with Crippen LogP contribution in [0.1, 0.15) is 31.9 Å². The van der Waals surface area contributed by atoms with Crippen molar-refractivity contribution in [3.8, 4) is 0 Å². The maximum atomic E-state index is 12.8. The summed E-state index contributed by atoms with van der Waals surface area (Å²) < 4.78 is 10.2. The summed E-state index contributed by atoms with van der Waals surface area (Å²) in [5.74, 6) is -0.665. The van der Waals surface area contributed by atoms with Crippen molar-refractivity contribution in [1.82, 2.24) is 4.90 Å². The number of ether oxygens (including phenoxy) is 2. The van der Waals surface area contributed by atoms with Gasteiger partial charge in [-0.3, -0.25) is 4.79 Å². The molecule has 5 nitrogen and oxygen atoms in total. The van der Waals surface area contributed by atoms with Crippen LogP contribution in [-0.4, -0.2) is 43.6 Å². The summed E-state index contributed by atoms with van der Waals surface area (Å²) in [6, 6.07) is 7.95. The zero-order valence-corrected chi connectivity index (χ0v) is 15.3. The molecule has 0 aromatic heterocycles. The van der Waals surface area contributed by atoms with Gasteiger partial charge in [0.2, 0.25) is 0 Å². The Bertz CT molecular complexity index is 701. The SMILES string of the molecule is CCOC(=O)C1=C(C)N(CCOC)C(=O)C1=Cc1ccc(CC)cc1. The van der Waals surface area contributed by atoms with Gasteiger partial charge in [-0.25, -0.2) is 4.79 Å². The van der Waals surface area contributed by atoms with E-state index >= 15 is 0 Å². The van der Waals surface area contributed by atoms with Crippen molar-refractivity contribution in [2.45, 2.75) is 27.2 Å². The highest BCUT2D eigenvalue weighted by Gasteiger charge is 2.36. The van der Waals surface area contributed by atoms with Crippen LogP contribution in [0.15, 0.2) is 41.1 Å². The quantitative estimate of drug-likeness (QED) is 0.564. The molecule has 0 spiro atoms. The highest BCUT2D eigenvalue weighted by atomic mass is 16.5. The first-order valence-corrected chi connectivity index (χ1v) is 8.53. The van der Waals surface area contributed by atoms with Crippen LogP contribution in [0.2, 0.25) is 0 Å². The number of carbonyl (C=O) groups is 2. The van der Waals surface area contributed by atoms with E-state index in [0.29, 0.717) is 30.0 Å². The summed E-state index contributed by atoms with van der Waals surface area (Å²) >= 11 is 0. The number of amides is 1. The van der Waals surface area contributed by atoms with Crippen molar-refractivity contribution in [3.63, 3.8) is 0 Å². The van der Waals surface area contributed by atoms with Gasteiger partial charge >= 0.3 is 5.97 Å². The average molecular weight is 343 g/mol. The number of esters is 1. The molecule has 1 heterocycles. The van der Waals surface area contributed by atoms with Gasteiger partial charge in [0.1, 0.15) is 0 Å². The molecule has 0 atom stereocenters. The van der Waals surface area contributed by atoms with Crippen molar-refractivity contribution >= 4 is 18.0 Å². The van der Waals surface area contributed by atoms with Crippen molar-refractivity contribution in [2.24, 2.45) is 0 Å². The summed E-state index contributed by atoms with van der Waals surface area (Å²) in [4.78, 5) is 26.8. The molecule has 5 heteroatoms. The van der Waals surface area contributed by atoms with Crippen LogP contribution in [-0.2, 0) is 25.5 Å². The number of allylic oxidation sites excluding steroid dienone is 1. The summed E-state index contributed by atoms with van der Waals surface area (Å²) in [5.41, 5.74) is 3.42. The van der Waals surface area contributed by atoms with Gasteiger partial charge in [0, 0.05) is 19.4 Å². The number of benzene rings is 1. The molecule has 25 heavy (non-hydrogen) atoms. The number of hydrogen-bond donors (Lipinski definition) is 0. The molecule has 0 saturated heterocycles. The fourth-order valence-electron chi connectivity index (χ4n) is 2.80. The third-order valence-corrected chi connectivity index (χ3v) is 4.21. The van der Waals surface area contributed by atoms with Gasteiger partial charge in [0.05, 0.1) is 24.4 Å². The number of carbonyl (C=O) groups excluding carboxylic acids is 2. The fourth-order valence-corrected chi connectivity index (χ4v) is 2.80. The summed E-state index contributed by atoms with van der Waals surface area (Å²) in [7, 11) is 1.58. The fraction of sp³-hybridized carbons (Fsp3) is 0.400. The molecular weight excluding hydrogens is 318 g/mol. The topological polar surface area (TPSA) is 55.8 Å². The van der Waals surface area contributed by atoms with E-state index in [0.717, 1.165) is 12.0 Å². The monoisotopic (exact) mass is 343 g/mol. The van der Waals surface area contributed by atoms with E-state index in [4.69, 9.17) is 9.47 Å². The summed E-state index contributed by atoms with van der Waals surface area (Å²) in [6.45, 7) is 6.67.